The highest BCUT2D eigenvalue weighted by atomic mass is 35.5. The first-order chi connectivity index (χ1) is 11.5. The largest absolute Gasteiger partial charge is 0.340 e. The summed E-state index contributed by atoms with van der Waals surface area (Å²) in [5, 5.41) is 3.24. The Morgan fingerprint density at radius 2 is 2.08 bits per heavy atom. The van der Waals surface area contributed by atoms with Crippen LogP contribution in [0.2, 0.25) is 5.02 Å². The highest BCUT2D eigenvalue weighted by Gasteiger charge is 2.27. The minimum atomic E-state index is -0.438. The Kier molecular flexibility index (Phi) is 4.85. The van der Waals surface area contributed by atoms with Crippen molar-refractivity contribution in [3.63, 3.8) is 0 Å². The first-order valence-electron chi connectivity index (χ1n) is 7.94. The molecule has 0 unspecified atom stereocenters. The summed E-state index contributed by atoms with van der Waals surface area (Å²) in [7, 11) is 0. The summed E-state index contributed by atoms with van der Waals surface area (Å²) in [6, 6.07) is 6.82. The predicted molar refractivity (Wildman–Crippen MR) is 92.3 cm³/mol. The van der Waals surface area contributed by atoms with Crippen LogP contribution >= 0.6 is 11.6 Å². The van der Waals surface area contributed by atoms with E-state index in [9.17, 15) is 9.59 Å². The van der Waals surface area contributed by atoms with E-state index in [1.807, 2.05) is 0 Å². The lowest BCUT2D eigenvalue weighted by atomic mass is 9.99. The van der Waals surface area contributed by atoms with E-state index in [0.717, 1.165) is 12.8 Å². The Bertz CT molecular complexity index is 751. The lowest BCUT2D eigenvalue weighted by Gasteiger charge is -2.30. The van der Waals surface area contributed by atoms with Gasteiger partial charge in [0.1, 0.15) is 5.69 Å². The summed E-state index contributed by atoms with van der Waals surface area (Å²) in [6.07, 6.45) is 3.32. The van der Waals surface area contributed by atoms with Crippen LogP contribution in [0, 0.1) is 5.92 Å². The van der Waals surface area contributed by atoms with E-state index in [-0.39, 0.29) is 17.3 Å². The minimum Gasteiger partial charge on any atom is -0.340 e. The molecular formula is C17H19ClN4O2. The molecule has 1 saturated heterocycles. The van der Waals surface area contributed by atoms with Crippen molar-refractivity contribution >= 4 is 29.1 Å². The molecule has 2 heterocycles. The van der Waals surface area contributed by atoms with E-state index in [4.69, 9.17) is 11.6 Å². The number of piperidine rings is 1. The summed E-state index contributed by atoms with van der Waals surface area (Å²) >= 11 is 5.91. The number of hydrogen-bond acceptors (Lipinski definition) is 3. The van der Waals surface area contributed by atoms with Crippen LogP contribution in [0.4, 0.5) is 5.69 Å². The van der Waals surface area contributed by atoms with Crippen LogP contribution < -0.4 is 5.32 Å². The van der Waals surface area contributed by atoms with Gasteiger partial charge in [-0.1, -0.05) is 24.6 Å². The van der Waals surface area contributed by atoms with E-state index >= 15 is 0 Å². The molecule has 2 N–H and O–H groups in total. The molecule has 24 heavy (non-hydrogen) atoms. The van der Waals surface area contributed by atoms with Gasteiger partial charge in [0.15, 0.2) is 5.69 Å². The number of H-pyrrole nitrogens is 1. The van der Waals surface area contributed by atoms with Crippen molar-refractivity contribution in [1.82, 2.24) is 14.9 Å². The van der Waals surface area contributed by atoms with E-state index in [0.29, 0.717) is 29.7 Å². The third-order valence-electron chi connectivity index (χ3n) is 4.22. The Balaban J connectivity index is 1.74. The number of aromatic nitrogens is 2. The average Bonchev–Trinajstić information content (AvgIpc) is 3.04. The maximum Gasteiger partial charge on any atom is 0.276 e. The summed E-state index contributed by atoms with van der Waals surface area (Å²) in [4.78, 5) is 33.7. The number of likely N-dealkylation sites (tertiary alicyclic amines) is 1. The Morgan fingerprint density at radius 3 is 2.79 bits per heavy atom. The Hall–Kier alpha value is -2.34. The second-order valence-corrected chi connectivity index (χ2v) is 6.50. The van der Waals surface area contributed by atoms with E-state index < -0.39 is 5.91 Å². The van der Waals surface area contributed by atoms with Gasteiger partial charge in [-0.25, -0.2) is 4.98 Å². The SMILES string of the molecule is CC1CCN(C(=O)c2[nH]cnc2C(=O)Nc2cccc(Cl)c2)CC1. The molecule has 126 valence electrons. The van der Waals surface area contributed by atoms with Crippen molar-refractivity contribution in [3.05, 3.63) is 47.0 Å². The normalized spacial score (nSPS) is 15.3. The van der Waals surface area contributed by atoms with Crippen LogP contribution in [-0.2, 0) is 0 Å². The lowest BCUT2D eigenvalue weighted by molar-refractivity contribution is 0.0688. The third kappa shape index (κ3) is 3.59. The molecule has 0 atom stereocenters. The molecule has 2 aromatic rings. The van der Waals surface area contributed by atoms with Crippen LogP contribution in [0.3, 0.4) is 0 Å². The minimum absolute atomic E-state index is 0.0959. The number of imidazole rings is 1. The highest BCUT2D eigenvalue weighted by Crippen LogP contribution is 2.20. The number of benzene rings is 1. The summed E-state index contributed by atoms with van der Waals surface area (Å²) in [5.41, 5.74) is 0.878. The van der Waals surface area contributed by atoms with Gasteiger partial charge < -0.3 is 15.2 Å². The molecule has 0 radical (unpaired) electrons. The summed E-state index contributed by atoms with van der Waals surface area (Å²) in [5.74, 6) is 0.00398. The van der Waals surface area contributed by atoms with Crippen LogP contribution in [0.1, 0.15) is 40.7 Å². The first-order valence-corrected chi connectivity index (χ1v) is 8.32. The van der Waals surface area contributed by atoms with Crippen molar-refractivity contribution in [2.45, 2.75) is 19.8 Å². The van der Waals surface area contributed by atoms with Gasteiger partial charge in [0.05, 0.1) is 6.33 Å². The number of nitrogens with one attached hydrogen (secondary N) is 2. The smallest absolute Gasteiger partial charge is 0.276 e. The Morgan fingerprint density at radius 1 is 1.33 bits per heavy atom. The molecule has 1 aliphatic rings. The van der Waals surface area contributed by atoms with E-state index in [1.165, 1.54) is 6.33 Å². The van der Waals surface area contributed by atoms with Crippen LogP contribution in [0.15, 0.2) is 30.6 Å². The van der Waals surface area contributed by atoms with Gasteiger partial charge in [0.2, 0.25) is 0 Å². The number of halogens is 1. The lowest BCUT2D eigenvalue weighted by Crippen LogP contribution is -2.38. The number of aromatic amines is 1. The van der Waals surface area contributed by atoms with Gasteiger partial charge in [-0.15, -0.1) is 0 Å². The van der Waals surface area contributed by atoms with Crippen molar-refractivity contribution in [1.29, 1.82) is 0 Å². The molecule has 0 bridgehead atoms. The molecule has 0 spiro atoms. The second kappa shape index (κ2) is 7.05. The fourth-order valence-electron chi connectivity index (χ4n) is 2.76. The zero-order valence-corrected chi connectivity index (χ0v) is 14.1. The topological polar surface area (TPSA) is 78.1 Å². The number of hydrogen-bond donors (Lipinski definition) is 2. The van der Waals surface area contributed by atoms with Gasteiger partial charge >= 0.3 is 0 Å². The number of carbonyl (C=O) groups is 2. The van der Waals surface area contributed by atoms with Crippen LogP contribution in [-0.4, -0.2) is 39.8 Å². The number of carbonyl (C=O) groups excluding carboxylic acids is 2. The average molecular weight is 347 g/mol. The molecule has 1 aromatic carbocycles. The van der Waals surface area contributed by atoms with Crippen molar-refractivity contribution in [2.24, 2.45) is 5.92 Å². The molecule has 6 nitrogen and oxygen atoms in total. The number of anilines is 1. The van der Waals surface area contributed by atoms with Crippen LogP contribution in [0.25, 0.3) is 0 Å². The highest BCUT2D eigenvalue weighted by molar-refractivity contribution is 6.31. The summed E-state index contributed by atoms with van der Waals surface area (Å²) < 4.78 is 0. The molecule has 7 heteroatoms. The molecule has 0 aliphatic carbocycles. The van der Waals surface area contributed by atoms with E-state index in [1.54, 1.807) is 29.2 Å². The fourth-order valence-corrected chi connectivity index (χ4v) is 2.95. The van der Waals surface area contributed by atoms with Gasteiger partial charge in [-0.2, -0.15) is 0 Å². The number of rotatable bonds is 3. The Labute approximate surface area is 145 Å². The zero-order chi connectivity index (χ0) is 17.1. The number of amides is 2. The van der Waals surface area contributed by atoms with Crippen molar-refractivity contribution in [2.75, 3.05) is 18.4 Å². The van der Waals surface area contributed by atoms with Gasteiger partial charge in [-0.3, -0.25) is 9.59 Å². The molecular weight excluding hydrogens is 328 g/mol. The van der Waals surface area contributed by atoms with Crippen molar-refractivity contribution < 1.29 is 9.59 Å². The van der Waals surface area contributed by atoms with E-state index in [2.05, 4.69) is 22.2 Å². The van der Waals surface area contributed by atoms with Gasteiger partial charge in [0, 0.05) is 23.8 Å². The van der Waals surface area contributed by atoms with Crippen LogP contribution in [0.5, 0.6) is 0 Å². The zero-order valence-electron chi connectivity index (χ0n) is 13.4. The second-order valence-electron chi connectivity index (χ2n) is 6.07. The maximum absolute atomic E-state index is 12.7. The fraction of sp³-hybridized carbons (Fsp3) is 0.353. The van der Waals surface area contributed by atoms with Gasteiger partial charge in [0.25, 0.3) is 11.8 Å². The van der Waals surface area contributed by atoms with Crippen molar-refractivity contribution in [3.8, 4) is 0 Å². The monoisotopic (exact) mass is 346 g/mol. The quantitative estimate of drug-likeness (QED) is 0.895. The molecule has 1 aliphatic heterocycles. The standard InChI is InChI=1S/C17H19ClN4O2/c1-11-5-7-22(8-6-11)17(24)15-14(19-10-20-15)16(23)21-13-4-2-3-12(18)9-13/h2-4,9-11H,5-8H2,1H3,(H,19,20)(H,21,23). The molecule has 1 aromatic heterocycles. The molecule has 3 rings (SSSR count). The molecule has 0 saturated carbocycles. The number of nitrogens with zero attached hydrogens (tertiary/aromatic N) is 2. The summed E-state index contributed by atoms with van der Waals surface area (Å²) in [6.45, 7) is 3.59. The van der Waals surface area contributed by atoms with Gasteiger partial charge in [-0.05, 0) is 37.0 Å². The third-order valence-corrected chi connectivity index (χ3v) is 4.46. The maximum atomic E-state index is 12.7. The predicted octanol–water partition coefficient (Wildman–Crippen LogP) is 3.19. The molecule has 2 amide bonds. The first kappa shape index (κ1) is 16.5. The molecule has 1 fully saturated rings.